The molecule has 0 bridgehead atoms. The van der Waals surface area contributed by atoms with Crippen molar-refractivity contribution in [3.63, 3.8) is 0 Å². The number of aliphatic hydroxyl groups is 1. The molecule has 4 nitrogen and oxygen atoms in total. The van der Waals surface area contributed by atoms with E-state index in [0.717, 1.165) is 47.8 Å². The fourth-order valence-corrected chi connectivity index (χ4v) is 3.63. The van der Waals surface area contributed by atoms with Crippen LogP contribution in [0.1, 0.15) is 30.7 Å². The number of hydrogen-bond acceptors (Lipinski definition) is 5. The minimum absolute atomic E-state index is 0.206. The summed E-state index contributed by atoms with van der Waals surface area (Å²) >= 11 is 1.65. The van der Waals surface area contributed by atoms with Gasteiger partial charge in [-0.2, -0.15) is 0 Å². The number of nitrogens with one attached hydrogen (secondary N) is 1. The Labute approximate surface area is 135 Å². The van der Waals surface area contributed by atoms with Crippen LogP contribution in [0.2, 0.25) is 0 Å². The summed E-state index contributed by atoms with van der Waals surface area (Å²) in [4.78, 5) is 4.68. The van der Waals surface area contributed by atoms with Crippen LogP contribution in [0.3, 0.4) is 0 Å². The van der Waals surface area contributed by atoms with Crippen molar-refractivity contribution < 1.29 is 9.84 Å². The Morgan fingerprint density at radius 1 is 1.36 bits per heavy atom. The smallest absolute Gasteiger partial charge is 0.119 e. The Kier molecular flexibility index (Phi) is 5.08. The molecule has 0 radical (unpaired) electrons. The van der Waals surface area contributed by atoms with Crippen molar-refractivity contribution in [3.05, 3.63) is 34.7 Å². The van der Waals surface area contributed by atoms with E-state index in [9.17, 15) is 5.11 Å². The van der Waals surface area contributed by atoms with Crippen molar-refractivity contribution >= 4 is 11.3 Å². The van der Waals surface area contributed by atoms with E-state index in [-0.39, 0.29) is 12.1 Å². The molecule has 2 N–H and O–H groups in total. The molecule has 0 aliphatic heterocycles. The van der Waals surface area contributed by atoms with E-state index < -0.39 is 0 Å². The number of nitrogens with zero attached hydrogens (tertiary/aromatic N) is 1. The maximum Gasteiger partial charge on any atom is 0.119 e. The Bertz CT molecular complexity index is 614. The maximum atomic E-state index is 9.99. The van der Waals surface area contributed by atoms with Gasteiger partial charge in [0.2, 0.25) is 0 Å². The maximum absolute atomic E-state index is 9.99. The molecule has 0 spiro atoms. The highest BCUT2D eigenvalue weighted by Crippen LogP contribution is 2.25. The third kappa shape index (κ3) is 3.66. The Morgan fingerprint density at radius 2 is 2.23 bits per heavy atom. The Morgan fingerprint density at radius 3 is 3.05 bits per heavy atom. The number of aliphatic hydroxyl groups excluding tert-OH is 1. The van der Waals surface area contributed by atoms with Crippen molar-refractivity contribution in [2.75, 3.05) is 7.11 Å². The molecule has 0 saturated heterocycles. The summed E-state index contributed by atoms with van der Waals surface area (Å²) in [6.45, 7) is 0.719. The quantitative estimate of drug-likeness (QED) is 0.889. The molecule has 1 saturated carbocycles. The SMILES string of the molecule is COc1cccc(-c2csc(CN[C@H]3CCCC[C@@H]3O)n2)c1. The van der Waals surface area contributed by atoms with Crippen LogP contribution in [-0.4, -0.2) is 29.3 Å². The predicted molar refractivity (Wildman–Crippen MR) is 89.2 cm³/mol. The molecule has 0 unspecified atom stereocenters. The zero-order valence-corrected chi connectivity index (χ0v) is 13.6. The molecule has 3 rings (SSSR count). The Hall–Kier alpha value is -1.43. The number of hydrogen-bond donors (Lipinski definition) is 2. The average Bonchev–Trinajstić information content (AvgIpc) is 3.03. The summed E-state index contributed by atoms with van der Waals surface area (Å²) in [7, 11) is 1.67. The van der Waals surface area contributed by atoms with E-state index >= 15 is 0 Å². The first kappa shape index (κ1) is 15.5. The van der Waals surface area contributed by atoms with Gasteiger partial charge in [0.1, 0.15) is 10.8 Å². The van der Waals surface area contributed by atoms with Gasteiger partial charge in [-0.3, -0.25) is 0 Å². The molecule has 1 aliphatic rings. The van der Waals surface area contributed by atoms with Crippen LogP contribution in [0.25, 0.3) is 11.3 Å². The molecule has 118 valence electrons. The van der Waals surface area contributed by atoms with E-state index in [4.69, 9.17) is 4.74 Å². The third-order valence-electron chi connectivity index (χ3n) is 4.16. The first-order chi connectivity index (χ1) is 10.8. The number of thiazole rings is 1. The van der Waals surface area contributed by atoms with Gasteiger partial charge in [0.15, 0.2) is 0 Å². The molecule has 1 heterocycles. The van der Waals surface area contributed by atoms with E-state index in [1.807, 2.05) is 24.3 Å². The van der Waals surface area contributed by atoms with Gasteiger partial charge in [0, 0.05) is 23.5 Å². The van der Waals surface area contributed by atoms with Crippen LogP contribution in [0, 0.1) is 0 Å². The van der Waals surface area contributed by atoms with Crippen molar-refractivity contribution in [2.24, 2.45) is 0 Å². The summed E-state index contributed by atoms with van der Waals surface area (Å²) in [5.74, 6) is 0.843. The van der Waals surface area contributed by atoms with Crippen molar-refractivity contribution in [2.45, 2.75) is 44.4 Å². The van der Waals surface area contributed by atoms with Gasteiger partial charge in [-0.1, -0.05) is 25.0 Å². The zero-order chi connectivity index (χ0) is 15.4. The highest BCUT2D eigenvalue weighted by Gasteiger charge is 2.22. The standard InChI is InChI=1S/C17H22N2O2S/c1-21-13-6-4-5-12(9-13)15-11-22-17(19-15)10-18-14-7-2-3-8-16(14)20/h4-6,9,11,14,16,18,20H,2-3,7-8,10H2,1H3/t14-,16-/m0/s1. The van der Waals surface area contributed by atoms with Gasteiger partial charge >= 0.3 is 0 Å². The fourth-order valence-electron chi connectivity index (χ4n) is 2.87. The van der Waals surface area contributed by atoms with Crippen LogP contribution in [0.4, 0.5) is 0 Å². The van der Waals surface area contributed by atoms with Crippen molar-refractivity contribution in [1.29, 1.82) is 0 Å². The lowest BCUT2D eigenvalue weighted by molar-refractivity contribution is 0.0902. The van der Waals surface area contributed by atoms with Crippen LogP contribution in [0.15, 0.2) is 29.6 Å². The van der Waals surface area contributed by atoms with Gasteiger partial charge < -0.3 is 15.2 Å². The molecular weight excluding hydrogens is 296 g/mol. The van der Waals surface area contributed by atoms with Gasteiger partial charge in [0.05, 0.1) is 18.9 Å². The van der Waals surface area contributed by atoms with Gasteiger partial charge in [-0.25, -0.2) is 4.98 Å². The van der Waals surface area contributed by atoms with E-state index in [1.54, 1.807) is 18.4 Å². The second-order valence-corrected chi connectivity index (χ2v) is 6.64. The molecule has 0 amide bonds. The predicted octanol–water partition coefficient (Wildman–Crippen LogP) is 3.21. The van der Waals surface area contributed by atoms with Crippen LogP contribution in [-0.2, 0) is 6.54 Å². The van der Waals surface area contributed by atoms with E-state index in [0.29, 0.717) is 0 Å². The number of methoxy groups -OCH3 is 1. The van der Waals surface area contributed by atoms with Crippen LogP contribution >= 0.6 is 11.3 Å². The molecule has 22 heavy (non-hydrogen) atoms. The monoisotopic (exact) mass is 318 g/mol. The van der Waals surface area contributed by atoms with Gasteiger partial charge in [0.25, 0.3) is 0 Å². The highest BCUT2D eigenvalue weighted by molar-refractivity contribution is 7.09. The third-order valence-corrected chi connectivity index (χ3v) is 5.01. The molecular formula is C17H22N2O2S. The number of ether oxygens (including phenoxy) is 1. The number of aromatic nitrogens is 1. The van der Waals surface area contributed by atoms with Crippen molar-refractivity contribution in [1.82, 2.24) is 10.3 Å². The van der Waals surface area contributed by atoms with Crippen LogP contribution in [0.5, 0.6) is 5.75 Å². The summed E-state index contributed by atoms with van der Waals surface area (Å²) in [6.07, 6.45) is 4.07. The number of benzene rings is 1. The topological polar surface area (TPSA) is 54.4 Å². The molecule has 2 atom stereocenters. The first-order valence-electron chi connectivity index (χ1n) is 7.76. The fraction of sp³-hybridized carbons (Fsp3) is 0.471. The summed E-state index contributed by atoms with van der Waals surface area (Å²) in [6, 6.07) is 8.15. The van der Waals surface area contributed by atoms with Crippen molar-refractivity contribution in [3.8, 4) is 17.0 Å². The minimum atomic E-state index is -0.216. The minimum Gasteiger partial charge on any atom is -0.497 e. The lowest BCUT2D eigenvalue weighted by Gasteiger charge is -2.28. The molecule has 1 aromatic carbocycles. The summed E-state index contributed by atoms with van der Waals surface area (Å²) in [5, 5.41) is 16.6. The molecule has 1 fully saturated rings. The first-order valence-corrected chi connectivity index (χ1v) is 8.64. The Balaban J connectivity index is 1.63. The van der Waals surface area contributed by atoms with Gasteiger partial charge in [-0.15, -0.1) is 11.3 Å². The molecule has 1 aliphatic carbocycles. The largest absolute Gasteiger partial charge is 0.497 e. The second kappa shape index (κ2) is 7.22. The van der Waals surface area contributed by atoms with E-state index in [1.165, 1.54) is 6.42 Å². The average molecular weight is 318 g/mol. The summed E-state index contributed by atoms with van der Waals surface area (Å²) in [5.41, 5.74) is 2.05. The highest BCUT2D eigenvalue weighted by atomic mass is 32.1. The zero-order valence-electron chi connectivity index (χ0n) is 12.8. The van der Waals surface area contributed by atoms with E-state index in [2.05, 4.69) is 15.7 Å². The lowest BCUT2D eigenvalue weighted by atomic mass is 9.93. The number of rotatable bonds is 5. The van der Waals surface area contributed by atoms with Crippen LogP contribution < -0.4 is 10.1 Å². The molecule has 1 aromatic heterocycles. The molecule has 5 heteroatoms. The second-order valence-electron chi connectivity index (χ2n) is 5.70. The normalized spacial score (nSPS) is 21.7. The lowest BCUT2D eigenvalue weighted by Crippen LogP contribution is -2.41. The molecule has 2 aromatic rings. The van der Waals surface area contributed by atoms with Gasteiger partial charge in [-0.05, 0) is 25.0 Å². The summed E-state index contributed by atoms with van der Waals surface area (Å²) < 4.78 is 5.26.